The molecule has 0 bridgehead atoms. The molecule has 0 atom stereocenters. The fourth-order valence-corrected chi connectivity index (χ4v) is 4.79. The van der Waals surface area contributed by atoms with Crippen molar-refractivity contribution in [3.05, 3.63) is 77.5 Å². The number of aromatic nitrogens is 1. The van der Waals surface area contributed by atoms with E-state index in [2.05, 4.69) is 30.2 Å². The van der Waals surface area contributed by atoms with Crippen LogP contribution in [0.15, 0.2) is 55.1 Å². The van der Waals surface area contributed by atoms with Crippen molar-refractivity contribution in [1.29, 1.82) is 0 Å². The molecule has 0 unspecified atom stereocenters. The van der Waals surface area contributed by atoms with E-state index >= 15 is 0 Å². The maximum atomic E-state index is 12.0. The summed E-state index contributed by atoms with van der Waals surface area (Å²) in [5, 5.41) is 0.914. The minimum Gasteiger partial charge on any atom is -0.811 e. The Bertz CT molecular complexity index is 1190. The van der Waals surface area contributed by atoms with Crippen molar-refractivity contribution in [3.8, 4) is 5.75 Å². The summed E-state index contributed by atoms with van der Waals surface area (Å²) >= 11 is 0. The molecule has 1 aromatic heterocycles. The van der Waals surface area contributed by atoms with Crippen LogP contribution in [0.5, 0.6) is 5.75 Å². The van der Waals surface area contributed by atoms with Crippen molar-refractivity contribution in [2.24, 2.45) is 5.73 Å². The molecular formula is C25H29N2Na2O5P. The van der Waals surface area contributed by atoms with Gasteiger partial charge in [0.1, 0.15) is 5.75 Å². The number of benzene rings is 2. The van der Waals surface area contributed by atoms with Gasteiger partial charge in [0, 0.05) is 28.7 Å². The first-order valence-electron chi connectivity index (χ1n) is 11.0. The van der Waals surface area contributed by atoms with Crippen LogP contribution in [0.2, 0.25) is 0 Å². The molecule has 0 aliphatic rings. The molecule has 0 spiro atoms. The van der Waals surface area contributed by atoms with Gasteiger partial charge in [0.2, 0.25) is 5.91 Å². The van der Waals surface area contributed by atoms with Crippen LogP contribution in [-0.2, 0) is 35.2 Å². The second-order valence-electron chi connectivity index (χ2n) is 7.96. The quantitative estimate of drug-likeness (QED) is 0.118. The maximum Gasteiger partial charge on any atom is 1.00 e. The number of carbonyl (C=O) groups is 1. The normalized spacial score (nSPS) is 10.9. The molecule has 10 heteroatoms. The van der Waals surface area contributed by atoms with Crippen molar-refractivity contribution >= 4 is 24.4 Å². The third-order valence-electron chi connectivity index (χ3n) is 5.57. The molecule has 7 nitrogen and oxygen atoms in total. The van der Waals surface area contributed by atoms with Gasteiger partial charge < -0.3 is 29.4 Å². The van der Waals surface area contributed by atoms with E-state index < -0.39 is 19.7 Å². The number of hydrogen-bond donors (Lipinski definition) is 1. The number of nitrogens with zero attached hydrogens (tertiary/aromatic N) is 1. The molecule has 2 aromatic carbocycles. The molecule has 3 rings (SSSR count). The smallest absolute Gasteiger partial charge is 0.811 e. The van der Waals surface area contributed by atoms with Gasteiger partial charge in [-0.2, -0.15) is 0 Å². The van der Waals surface area contributed by atoms with Gasteiger partial charge in [-0.25, -0.2) is 0 Å². The molecule has 0 saturated heterocycles. The predicted molar refractivity (Wildman–Crippen MR) is 126 cm³/mol. The molecule has 0 radical (unpaired) electrons. The predicted octanol–water partition coefficient (Wildman–Crippen LogP) is -3.30. The molecule has 0 aliphatic carbocycles. The molecule has 176 valence electrons. The number of hydrogen-bond acceptors (Lipinski definition) is 5. The van der Waals surface area contributed by atoms with Crippen LogP contribution in [0, 0.1) is 0 Å². The molecule has 0 saturated carbocycles. The Morgan fingerprint density at radius 3 is 2.40 bits per heavy atom. The Hall–Kier alpha value is -0.860. The van der Waals surface area contributed by atoms with Gasteiger partial charge in [-0.05, 0) is 48.7 Å². The van der Waals surface area contributed by atoms with Crippen LogP contribution in [0.3, 0.4) is 0 Å². The Labute approximate surface area is 250 Å². The van der Waals surface area contributed by atoms with Crippen LogP contribution in [-0.4, -0.2) is 23.2 Å². The second-order valence-corrected chi connectivity index (χ2v) is 9.63. The SMILES string of the molecule is C=CCc1c(OCCCP(=O)([O-])[O-])ccc2c1c(CC(N)=O)c(CC)n2Cc1ccccc1.[Na+].[Na+]. The number of primary amides is 1. The fourth-order valence-electron chi connectivity index (χ4n) is 4.27. The average Bonchev–Trinajstić information content (AvgIpc) is 3.04. The standard InChI is InChI=1S/C25H31N2O5P.2Na/c1-3-9-19-23(32-14-8-15-33(29,30)31)13-12-22-25(19)20(16-24(26)28)21(4-2)27(22)17-18-10-6-5-7-11-18;;/h3,5-7,10-13H,1,4,8-9,14-17H2,2H3,(H2,26,28)(H2,29,30,31);;/q;2*+1/p-2. The van der Waals surface area contributed by atoms with E-state index in [0.717, 1.165) is 39.7 Å². The fraction of sp³-hybridized carbons (Fsp3) is 0.320. The molecule has 2 N–H and O–H groups in total. The van der Waals surface area contributed by atoms with Gasteiger partial charge in [-0.1, -0.05) is 50.9 Å². The summed E-state index contributed by atoms with van der Waals surface area (Å²) in [6.07, 6.45) is 2.74. The van der Waals surface area contributed by atoms with Gasteiger partial charge in [0.15, 0.2) is 0 Å². The Morgan fingerprint density at radius 2 is 1.83 bits per heavy atom. The summed E-state index contributed by atoms with van der Waals surface area (Å²) in [6, 6.07) is 13.9. The summed E-state index contributed by atoms with van der Waals surface area (Å²) in [5.41, 5.74) is 10.5. The molecule has 1 amide bonds. The summed E-state index contributed by atoms with van der Waals surface area (Å²) in [7, 11) is -4.57. The van der Waals surface area contributed by atoms with Gasteiger partial charge in [0.05, 0.1) is 13.0 Å². The number of nitrogens with two attached hydrogens (primary N) is 1. The summed E-state index contributed by atoms with van der Waals surface area (Å²) in [4.78, 5) is 33.8. The monoisotopic (exact) mass is 514 g/mol. The Morgan fingerprint density at radius 1 is 1.14 bits per heavy atom. The third-order valence-corrected chi connectivity index (χ3v) is 6.43. The Balaban J connectivity index is 0.00000306. The minimum absolute atomic E-state index is 0. The van der Waals surface area contributed by atoms with E-state index in [-0.39, 0.29) is 78.6 Å². The van der Waals surface area contributed by atoms with Crippen molar-refractivity contribution in [1.82, 2.24) is 4.57 Å². The number of amides is 1. The zero-order valence-corrected chi connectivity index (χ0v) is 25.7. The number of rotatable bonds is 12. The van der Waals surface area contributed by atoms with E-state index in [1.54, 1.807) is 6.08 Å². The first-order chi connectivity index (χ1) is 15.7. The zero-order chi connectivity index (χ0) is 24.0. The van der Waals surface area contributed by atoms with Crippen molar-refractivity contribution in [3.63, 3.8) is 0 Å². The second kappa shape index (κ2) is 14.8. The van der Waals surface area contributed by atoms with Crippen LogP contribution in [0.25, 0.3) is 10.9 Å². The Kier molecular flexibility index (Phi) is 13.6. The molecule has 1 heterocycles. The van der Waals surface area contributed by atoms with E-state index in [4.69, 9.17) is 10.5 Å². The zero-order valence-electron chi connectivity index (χ0n) is 20.8. The first-order valence-corrected chi connectivity index (χ1v) is 12.7. The minimum atomic E-state index is -4.57. The number of carbonyl (C=O) groups excluding carboxylic acids is 1. The number of allylic oxidation sites excluding steroid dienone is 1. The van der Waals surface area contributed by atoms with E-state index in [1.807, 2.05) is 30.3 Å². The first kappa shape index (κ1) is 32.2. The molecule has 35 heavy (non-hydrogen) atoms. The average molecular weight is 514 g/mol. The van der Waals surface area contributed by atoms with Crippen LogP contribution >= 0.6 is 7.60 Å². The van der Waals surface area contributed by atoms with E-state index in [9.17, 15) is 19.1 Å². The van der Waals surface area contributed by atoms with E-state index in [0.29, 0.717) is 18.7 Å². The molecule has 0 aliphatic heterocycles. The van der Waals surface area contributed by atoms with Crippen molar-refractivity contribution in [2.75, 3.05) is 12.8 Å². The molecular weight excluding hydrogens is 485 g/mol. The van der Waals surface area contributed by atoms with Gasteiger partial charge in [-0.15, -0.1) is 6.58 Å². The largest absolute Gasteiger partial charge is 1.00 e. The van der Waals surface area contributed by atoms with Crippen molar-refractivity contribution < 1.29 is 83.0 Å². The van der Waals surface area contributed by atoms with E-state index in [1.165, 1.54) is 0 Å². The molecule has 3 aromatic rings. The maximum absolute atomic E-state index is 12.0. The topological polar surface area (TPSA) is 120 Å². The summed E-state index contributed by atoms with van der Waals surface area (Å²) in [5.74, 6) is 0.167. The van der Waals surface area contributed by atoms with Crippen LogP contribution in [0.4, 0.5) is 0 Å². The van der Waals surface area contributed by atoms with Gasteiger partial charge >= 0.3 is 59.1 Å². The number of ether oxygens (including phenoxy) is 1. The van der Waals surface area contributed by atoms with Gasteiger partial charge in [-0.3, -0.25) is 4.79 Å². The summed E-state index contributed by atoms with van der Waals surface area (Å²) in [6.45, 7) is 6.66. The third kappa shape index (κ3) is 8.60. The number of fused-ring (bicyclic) bond motifs is 1. The molecule has 0 fully saturated rings. The van der Waals surface area contributed by atoms with Gasteiger partial charge in [0.25, 0.3) is 0 Å². The summed E-state index contributed by atoms with van der Waals surface area (Å²) < 4.78 is 19.0. The van der Waals surface area contributed by atoms with Crippen LogP contribution in [0.1, 0.15) is 35.7 Å². The van der Waals surface area contributed by atoms with Crippen molar-refractivity contribution in [2.45, 2.75) is 39.2 Å². The van der Waals surface area contributed by atoms with Crippen LogP contribution < -0.4 is 79.4 Å².